The third kappa shape index (κ3) is 4.05. The lowest BCUT2D eigenvalue weighted by Crippen LogP contribution is -2.43. The van der Waals surface area contributed by atoms with E-state index in [4.69, 9.17) is 14.9 Å². The third-order valence-electron chi connectivity index (χ3n) is 3.77. The van der Waals surface area contributed by atoms with Gasteiger partial charge < -0.3 is 30.3 Å². The molecule has 0 bridgehead atoms. The number of aliphatic hydroxyl groups is 4. The molecule has 1 saturated heterocycles. The molecule has 1 aliphatic heterocycles. The second-order valence-electron chi connectivity index (χ2n) is 5.53. The molecular formula is C13H19N3O9. The molecule has 2 heterocycles. The summed E-state index contributed by atoms with van der Waals surface area (Å²) < 4.78 is 6.20. The Balaban J connectivity index is 2.41. The highest BCUT2D eigenvalue weighted by Gasteiger charge is 2.35. The highest BCUT2D eigenvalue weighted by Crippen LogP contribution is 2.27. The van der Waals surface area contributed by atoms with Crippen LogP contribution in [0, 0.1) is 0 Å². The summed E-state index contributed by atoms with van der Waals surface area (Å²) in [6, 6.07) is 0. The van der Waals surface area contributed by atoms with Crippen LogP contribution in [0.2, 0.25) is 0 Å². The van der Waals surface area contributed by atoms with Crippen LogP contribution in [0.5, 0.6) is 0 Å². The summed E-state index contributed by atoms with van der Waals surface area (Å²) in [7, 11) is 0. The molecule has 12 heteroatoms. The van der Waals surface area contributed by atoms with Gasteiger partial charge in [-0.2, -0.15) is 0 Å². The summed E-state index contributed by atoms with van der Waals surface area (Å²) in [5, 5.41) is 46.4. The van der Waals surface area contributed by atoms with Crippen molar-refractivity contribution in [1.29, 1.82) is 0 Å². The van der Waals surface area contributed by atoms with E-state index in [0.29, 0.717) is 4.90 Å². The monoisotopic (exact) mass is 361 g/mol. The first-order valence-corrected chi connectivity index (χ1v) is 7.37. The van der Waals surface area contributed by atoms with E-state index in [0.717, 1.165) is 10.8 Å². The predicted molar refractivity (Wildman–Crippen MR) is 81.4 cm³/mol. The maximum atomic E-state index is 12.0. The van der Waals surface area contributed by atoms with E-state index in [-0.39, 0.29) is 6.42 Å². The minimum Gasteiger partial charge on any atom is -0.465 e. The fourth-order valence-corrected chi connectivity index (χ4v) is 2.48. The van der Waals surface area contributed by atoms with Gasteiger partial charge in [-0.05, 0) is 0 Å². The van der Waals surface area contributed by atoms with Gasteiger partial charge in [-0.3, -0.25) is 19.2 Å². The van der Waals surface area contributed by atoms with E-state index in [1.54, 1.807) is 0 Å². The lowest BCUT2D eigenvalue weighted by Gasteiger charge is -2.22. The average Bonchev–Trinajstić information content (AvgIpc) is 2.93. The van der Waals surface area contributed by atoms with Gasteiger partial charge in [0.1, 0.15) is 18.0 Å². The number of nitrogens with one attached hydrogen (secondary N) is 1. The molecule has 1 fully saturated rings. The number of anilines is 1. The van der Waals surface area contributed by atoms with Crippen LogP contribution >= 0.6 is 0 Å². The van der Waals surface area contributed by atoms with Crippen molar-refractivity contribution in [3.05, 3.63) is 27.0 Å². The lowest BCUT2D eigenvalue weighted by atomic mass is 10.2. The number of hydrogen-bond acceptors (Lipinski definition) is 8. The van der Waals surface area contributed by atoms with Crippen LogP contribution in [0.4, 0.5) is 10.5 Å². The molecule has 6 N–H and O–H groups in total. The van der Waals surface area contributed by atoms with Gasteiger partial charge in [0.2, 0.25) is 0 Å². The maximum absolute atomic E-state index is 12.0. The summed E-state index contributed by atoms with van der Waals surface area (Å²) in [5.74, 6) is 0. The van der Waals surface area contributed by atoms with E-state index in [2.05, 4.69) is 0 Å². The van der Waals surface area contributed by atoms with Crippen LogP contribution in [-0.4, -0.2) is 79.2 Å². The molecule has 4 atom stereocenters. The van der Waals surface area contributed by atoms with Gasteiger partial charge in [-0.1, -0.05) is 0 Å². The number of aromatic nitrogens is 2. The second-order valence-corrected chi connectivity index (χ2v) is 5.53. The predicted octanol–water partition coefficient (Wildman–Crippen LogP) is -2.99. The van der Waals surface area contributed by atoms with Crippen molar-refractivity contribution in [1.82, 2.24) is 9.55 Å². The van der Waals surface area contributed by atoms with Gasteiger partial charge in [0.25, 0.3) is 5.56 Å². The molecule has 0 aromatic carbocycles. The highest BCUT2D eigenvalue weighted by atomic mass is 16.5. The standard InChI is InChI=1S/C13H19N3O9/c17-4-6(19)2-15(13(23)24)7-3-16(12(22)14-11(7)21)10-1-8(20)9(5-18)25-10/h3,6,8-10,17-20H,1-2,4-5H2,(H,23,24)(H,14,21,22)/t6?,8-,9+,10+/m0/s1. The van der Waals surface area contributed by atoms with E-state index < -0.39 is 67.3 Å². The van der Waals surface area contributed by atoms with E-state index in [1.807, 2.05) is 4.98 Å². The van der Waals surface area contributed by atoms with Crippen LogP contribution in [0.3, 0.4) is 0 Å². The van der Waals surface area contributed by atoms with Gasteiger partial charge in [0.15, 0.2) is 0 Å². The molecule has 1 aromatic rings. The number of hydrogen-bond donors (Lipinski definition) is 6. The van der Waals surface area contributed by atoms with Gasteiger partial charge in [0, 0.05) is 12.6 Å². The Bertz CT molecular complexity index is 730. The zero-order valence-electron chi connectivity index (χ0n) is 13.0. The van der Waals surface area contributed by atoms with Gasteiger partial charge >= 0.3 is 11.8 Å². The number of nitrogens with zero attached hydrogens (tertiary/aromatic N) is 2. The molecule has 1 aromatic heterocycles. The third-order valence-corrected chi connectivity index (χ3v) is 3.77. The lowest BCUT2D eigenvalue weighted by molar-refractivity contribution is -0.0458. The number of H-pyrrole nitrogens is 1. The van der Waals surface area contributed by atoms with E-state index >= 15 is 0 Å². The van der Waals surface area contributed by atoms with Crippen LogP contribution < -0.4 is 16.1 Å². The summed E-state index contributed by atoms with van der Waals surface area (Å²) in [6.45, 7) is -1.80. The Hall–Kier alpha value is -2.25. The normalized spacial score (nSPS) is 24.2. The molecule has 1 aliphatic rings. The number of aliphatic hydroxyl groups excluding tert-OH is 4. The van der Waals surface area contributed by atoms with Gasteiger partial charge in [-0.15, -0.1) is 0 Å². The van der Waals surface area contributed by atoms with Gasteiger partial charge in [0.05, 0.1) is 32.0 Å². The van der Waals surface area contributed by atoms with Crippen molar-refractivity contribution in [2.75, 3.05) is 24.7 Å². The van der Waals surface area contributed by atoms with Crippen LogP contribution in [0.1, 0.15) is 12.6 Å². The molecule has 0 aliphatic carbocycles. The fourth-order valence-electron chi connectivity index (χ4n) is 2.48. The maximum Gasteiger partial charge on any atom is 0.412 e. The van der Waals surface area contributed by atoms with Gasteiger partial charge in [-0.25, -0.2) is 9.59 Å². The molecule has 0 radical (unpaired) electrons. The summed E-state index contributed by atoms with van der Waals surface area (Å²) in [4.78, 5) is 37.7. The van der Waals surface area contributed by atoms with Crippen LogP contribution in [0.25, 0.3) is 0 Å². The van der Waals surface area contributed by atoms with Crippen LogP contribution in [-0.2, 0) is 4.74 Å². The van der Waals surface area contributed by atoms with Crippen molar-refractivity contribution in [3.63, 3.8) is 0 Å². The Morgan fingerprint density at radius 3 is 2.64 bits per heavy atom. The van der Waals surface area contributed by atoms with Crippen molar-refractivity contribution in [2.24, 2.45) is 0 Å². The molecule has 0 saturated carbocycles. The quantitative estimate of drug-likeness (QED) is 0.307. The minimum atomic E-state index is -1.58. The largest absolute Gasteiger partial charge is 0.465 e. The summed E-state index contributed by atoms with van der Waals surface area (Å²) in [5.41, 5.74) is -2.37. The molecule has 12 nitrogen and oxygen atoms in total. The number of rotatable bonds is 6. The average molecular weight is 361 g/mol. The summed E-state index contributed by atoms with van der Waals surface area (Å²) >= 11 is 0. The minimum absolute atomic E-state index is 0.0526. The zero-order chi connectivity index (χ0) is 18.7. The fraction of sp³-hybridized carbons (Fsp3) is 0.615. The number of aromatic amines is 1. The van der Waals surface area contributed by atoms with Crippen molar-refractivity contribution in [3.8, 4) is 0 Å². The van der Waals surface area contributed by atoms with Crippen molar-refractivity contribution < 1.29 is 35.1 Å². The molecular weight excluding hydrogens is 342 g/mol. The Labute approximate surface area is 140 Å². The van der Waals surface area contributed by atoms with E-state index in [9.17, 15) is 29.7 Å². The molecule has 25 heavy (non-hydrogen) atoms. The van der Waals surface area contributed by atoms with Crippen molar-refractivity contribution in [2.45, 2.75) is 31.0 Å². The Kier molecular flexibility index (Phi) is 5.92. The van der Waals surface area contributed by atoms with E-state index in [1.165, 1.54) is 0 Å². The Morgan fingerprint density at radius 2 is 2.12 bits per heavy atom. The topological polar surface area (TPSA) is 186 Å². The second kappa shape index (κ2) is 7.76. The molecule has 0 spiro atoms. The van der Waals surface area contributed by atoms with Crippen LogP contribution in [0.15, 0.2) is 15.8 Å². The van der Waals surface area contributed by atoms with Crippen molar-refractivity contribution >= 4 is 11.8 Å². The molecule has 2 rings (SSSR count). The molecule has 1 amide bonds. The number of carbonyl (C=O) groups is 1. The summed E-state index contributed by atoms with van der Waals surface area (Å²) in [6.07, 6.45) is -5.11. The smallest absolute Gasteiger partial charge is 0.412 e. The number of ether oxygens (including phenoxy) is 1. The first-order valence-electron chi connectivity index (χ1n) is 7.37. The first-order chi connectivity index (χ1) is 11.8. The SMILES string of the molecule is O=C(O)N(CC(O)CO)c1cn([C@H]2C[C@H](O)[C@@H](CO)O2)c(=O)[nH]c1=O. The molecule has 140 valence electrons. The number of carboxylic acid groups (broad SMARTS) is 1. The first kappa shape index (κ1) is 19.1. The highest BCUT2D eigenvalue weighted by molar-refractivity contribution is 5.85. The molecule has 1 unspecified atom stereocenters. The number of amides is 1. The Morgan fingerprint density at radius 1 is 1.44 bits per heavy atom. The zero-order valence-corrected chi connectivity index (χ0v) is 13.0.